The van der Waals surface area contributed by atoms with E-state index in [1.807, 2.05) is 17.0 Å². The first-order valence-corrected chi connectivity index (χ1v) is 9.19. The number of hydrogen-bond donors (Lipinski definition) is 0. The van der Waals surface area contributed by atoms with Crippen LogP contribution in [0.4, 0.5) is 4.39 Å². The molecule has 0 aliphatic heterocycles. The van der Waals surface area contributed by atoms with Crippen molar-refractivity contribution in [3.63, 3.8) is 0 Å². The van der Waals surface area contributed by atoms with Gasteiger partial charge in [0.15, 0.2) is 5.69 Å². The molecule has 0 aliphatic rings. The van der Waals surface area contributed by atoms with Crippen LogP contribution in [-0.4, -0.2) is 38.7 Å². The summed E-state index contributed by atoms with van der Waals surface area (Å²) in [5.74, 6) is -0.403. The molecule has 0 saturated heterocycles. The van der Waals surface area contributed by atoms with E-state index in [1.165, 1.54) is 12.1 Å². The summed E-state index contributed by atoms with van der Waals surface area (Å²) < 4.78 is 15.0. The smallest absolute Gasteiger partial charge is 0.274 e. The Kier molecular flexibility index (Phi) is 5.96. The van der Waals surface area contributed by atoms with Crippen molar-refractivity contribution >= 4 is 5.91 Å². The fraction of sp³-hybridized carbons (Fsp3) is 0.286. The number of rotatable bonds is 7. The second-order valence-corrected chi connectivity index (χ2v) is 6.33. The molecule has 2 aromatic heterocycles. The van der Waals surface area contributed by atoms with Crippen LogP contribution in [0.25, 0.3) is 16.9 Å². The lowest BCUT2D eigenvalue weighted by molar-refractivity contribution is 0.0749. The summed E-state index contributed by atoms with van der Waals surface area (Å²) in [5.41, 5.74) is 2.73. The Morgan fingerprint density at radius 3 is 2.26 bits per heavy atom. The largest absolute Gasteiger partial charge is 0.337 e. The van der Waals surface area contributed by atoms with E-state index in [9.17, 15) is 9.18 Å². The van der Waals surface area contributed by atoms with Crippen LogP contribution in [-0.2, 0) is 0 Å². The van der Waals surface area contributed by atoms with E-state index in [4.69, 9.17) is 0 Å². The number of amides is 1. The highest BCUT2D eigenvalue weighted by Gasteiger charge is 2.21. The molecule has 0 N–H and O–H groups in total. The lowest BCUT2D eigenvalue weighted by Crippen LogP contribution is -2.32. The highest BCUT2D eigenvalue weighted by Crippen LogP contribution is 2.24. The number of aromatic nitrogens is 3. The molecule has 27 heavy (non-hydrogen) atoms. The summed E-state index contributed by atoms with van der Waals surface area (Å²) >= 11 is 0. The molecule has 0 radical (unpaired) electrons. The van der Waals surface area contributed by atoms with Crippen LogP contribution in [0.15, 0.2) is 54.9 Å². The number of halogens is 1. The number of pyridine rings is 1. The van der Waals surface area contributed by atoms with E-state index in [-0.39, 0.29) is 11.7 Å². The van der Waals surface area contributed by atoms with Gasteiger partial charge in [0, 0.05) is 31.0 Å². The standard InChI is InChI=1S/C21H23FN4O/c1-3-13-25(14-4-2)21(27)19-15-20(16-9-11-23-12-10-16)26(24-19)18-7-5-17(22)6-8-18/h5-12,15H,3-4,13-14H2,1-2H3. The van der Waals surface area contributed by atoms with Gasteiger partial charge in [-0.25, -0.2) is 9.07 Å². The molecular formula is C21H23FN4O. The first-order chi connectivity index (χ1) is 13.1. The third-order valence-corrected chi connectivity index (χ3v) is 4.25. The summed E-state index contributed by atoms with van der Waals surface area (Å²) in [6.45, 7) is 5.49. The van der Waals surface area contributed by atoms with Gasteiger partial charge in [0.05, 0.1) is 11.4 Å². The van der Waals surface area contributed by atoms with Crippen LogP contribution in [0, 0.1) is 5.82 Å². The van der Waals surface area contributed by atoms with Gasteiger partial charge in [-0.2, -0.15) is 5.10 Å². The topological polar surface area (TPSA) is 51.0 Å². The minimum Gasteiger partial charge on any atom is -0.337 e. The van der Waals surface area contributed by atoms with Crippen LogP contribution >= 0.6 is 0 Å². The van der Waals surface area contributed by atoms with Crippen LogP contribution < -0.4 is 0 Å². The predicted molar refractivity (Wildman–Crippen MR) is 103 cm³/mol. The van der Waals surface area contributed by atoms with Crippen molar-refractivity contribution in [3.05, 3.63) is 66.4 Å². The molecular weight excluding hydrogens is 343 g/mol. The third kappa shape index (κ3) is 4.22. The highest BCUT2D eigenvalue weighted by atomic mass is 19.1. The maximum Gasteiger partial charge on any atom is 0.274 e. The van der Waals surface area contributed by atoms with Gasteiger partial charge in [-0.05, 0) is 55.3 Å². The molecule has 0 saturated carbocycles. The average molecular weight is 366 g/mol. The summed E-state index contributed by atoms with van der Waals surface area (Å²) in [6.07, 6.45) is 5.17. The molecule has 2 heterocycles. The van der Waals surface area contributed by atoms with Crippen LogP contribution in [0.2, 0.25) is 0 Å². The van der Waals surface area contributed by atoms with Crippen LogP contribution in [0.1, 0.15) is 37.2 Å². The van der Waals surface area contributed by atoms with Crippen molar-refractivity contribution in [2.75, 3.05) is 13.1 Å². The van der Waals surface area contributed by atoms with Gasteiger partial charge in [0.2, 0.25) is 0 Å². The monoisotopic (exact) mass is 366 g/mol. The van der Waals surface area contributed by atoms with Crippen LogP contribution in [0.5, 0.6) is 0 Å². The zero-order valence-corrected chi connectivity index (χ0v) is 15.6. The van der Waals surface area contributed by atoms with Gasteiger partial charge in [-0.1, -0.05) is 13.8 Å². The number of nitrogens with zero attached hydrogens (tertiary/aromatic N) is 4. The minimum absolute atomic E-state index is 0.0881. The Morgan fingerprint density at radius 2 is 1.67 bits per heavy atom. The highest BCUT2D eigenvalue weighted by molar-refractivity contribution is 5.93. The summed E-state index contributed by atoms with van der Waals surface area (Å²) in [6, 6.07) is 11.6. The van der Waals surface area contributed by atoms with Gasteiger partial charge in [0.1, 0.15) is 5.82 Å². The molecule has 0 bridgehead atoms. The molecule has 0 atom stereocenters. The van der Waals surface area contributed by atoms with E-state index < -0.39 is 0 Å². The summed E-state index contributed by atoms with van der Waals surface area (Å²) in [4.78, 5) is 18.9. The molecule has 140 valence electrons. The second-order valence-electron chi connectivity index (χ2n) is 6.33. The maximum absolute atomic E-state index is 13.3. The van der Waals surface area contributed by atoms with Crippen molar-refractivity contribution < 1.29 is 9.18 Å². The van der Waals surface area contributed by atoms with E-state index in [0.29, 0.717) is 24.5 Å². The van der Waals surface area contributed by atoms with Gasteiger partial charge in [-0.3, -0.25) is 9.78 Å². The molecule has 3 aromatic rings. The molecule has 0 unspecified atom stereocenters. The Morgan fingerprint density at radius 1 is 1.04 bits per heavy atom. The second kappa shape index (κ2) is 8.58. The zero-order chi connectivity index (χ0) is 19.2. The maximum atomic E-state index is 13.3. The Labute approximate surface area is 158 Å². The Hall–Kier alpha value is -3.02. The van der Waals surface area contributed by atoms with Crippen molar-refractivity contribution in [1.29, 1.82) is 0 Å². The molecule has 5 nitrogen and oxygen atoms in total. The fourth-order valence-corrected chi connectivity index (χ4v) is 3.01. The molecule has 1 aromatic carbocycles. The van der Waals surface area contributed by atoms with E-state index in [1.54, 1.807) is 35.3 Å². The Balaban J connectivity index is 2.06. The third-order valence-electron chi connectivity index (χ3n) is 4.25. The fourth-order valence-electron chi connectivity index (χ4n) is 3.01. The molecule has 0 aliphatic carbocycles. The predicted octanol–water partition coefficient (Wildman–Crippen LogP) is 4.34. The van der Waals surface area contributed by atoms with E-state index in [2.05, 4.69) is 23.9 Å². The number of carbonyl (C=O) groups excluding carboxylic acids is 1. The molecule has 1 amide bonds. The lowest BCUT2D eigenvalue weighted by Gasteiger charge is -2.20. The number of benzene rings is 1. The molecule has 6 heteroatoms. The van der Waals surface area contributed by atoms with Gasteiger partial charge >= 0.3 is 0 Å². The van der Waals surface area contributed by atoms with Crippen molar-refractivity contribution in [1.82, 2.24) is 19.7 Å². The van der Waals surface area contributed by atoms with Crippen molar-refractivity contribution in [2.45, 2.75) is 26.7 Å². The Bertz CT molecular complexity index is 884. The van der Waals surface area contributed by atoms with Gasteiger partial charge < -0.3 is 4.90 Å². The van der Waals surface area contributed by atoms with E-state index >= 15 is 0 Å². The molecule has 0 spiro atoms. The van der Waals surface area contributed by atoms with Gasteiger partial charge in [0.25, 0.3) is 5.91 Å². The number of hydrogen-bond acceptors (Lipinski definition) is 3. The lowest BCUT2D eigenvalue weighted by atomic mass is 10.1. The normalized spacial score (nSPS) is 10.8. The van der Waals surface area contributed by atoms with Crippen LogP contribution in [0.3, 0.4) is 0 Å². The quantitative estimate of drug-likeness (QED) is 0.625. The first kappa shape index (κ1) is 18.8. The number of carbonyl (C=O) groups is 1. The van der Waals surface area contributed by atoms with Gasteiger partial charge in [-0.15, -0.1) is 0 Å². The zero-order valence-electron chi connectivity index (χ0n) is 15.6. The molecule has 3 rings (SSSR count). The minimum atomic E-state index is -0.315. The van der Waals surface area contributed by atoms with Crippen molar-refractivity contribution in [3.8, 4) is 16.9 Å². The summed E-state index contributed by atoms with van der Waals surface area (Å²) in [7, 11) is 0. The van der Waals surface area contributed by atoms with E-state index in [0.717, 1.165) is 24.1 Å². The SMILES string of the molecule is CCCN(CCC)C(=O)c1cc(-c2ccncc2)n(-c2ccc(F)cc2)n1. The van der Waals surface area contributed by atoms with Crippen molar-refractivity contribution in [2.24, 2.45) is 0 Å². The summed E-state index contributed by atoms with van der Waals surface area (Å²) in [5, 5.41) is 4.55. The first-order valence-electron chi connectivity index (χ1n) is 9.19. The molecule has 0 fully saturated rings. The average Bonchev–Trinajstić information content (AvgIpc) is 3.14.